The molecular formula is C31H36N4O3S. The highest BCUT2D eigenvalue weighted by atomic mass is 32.1. The van der Waals surface area contributed by atoms with Crippen LogP contribution in [0.15, 0.2) is 60.8 Å². The number of carbonyl (C=O) groups is 2. The van der Waals surface area contributed by atoms with Crippen LogP contribution in [0.2, 0.25) is 0 Å². The molecule has 1 aliphatic carbocycles. The molecular weight excluding hydrogens is 508 g/mol. The van der Waals surface area contributed by atoms with Crippen LogP contribution in [0.3, 0.4) is 0 Å². The third-order valence-electron chi connectivity index (χ3n) is 8.02. The summed E-state index contributed by atoms with van der Waals surface area (Å²) in [6, 6.07) is 18.5. The molecule has 2 aromatic carbocycles. The number of thiophene rings is 1. The molecule has 39 heavy (non-hydrogen) atoms. The van der Waals surface area contributed by atoms with E-state index in [0.29, 0.717) is 31.0 Å². The number of amides is 2. The van der Waals surface area contributed by atoms with Gasteiger partial charge in [0.25, 0.3) is 5.91 Å². The summed E-state index contributed by atoms with van der Waals surface area (Å²) in [6.07, 6.45) is 6.54. The van der Waals surface area contributed by atoms with Gasteiger partial charge in [0.15, 0.2) is 0 Å². The lowest BCUT2D eigenvalue weighted by Gasteiger charge is -2.38. The van der Waals surface area contributed by atoms with E-state index in [1.54, 1.807) is 7.11 Å². The summed E-state index contributed by atoms with van der Waals surface area (Å²) in [6.45, 7) is 1.97. The van der Waals surface area contributed by atoms with E-state index in [2.05, 4.69) is 44.9 Å². The molecule has 2 aromatic heterocycles. The highest BCUT2D eigenvalue weighted by Crippen LogP contribution is 2.40. The fourth-order valence-corrected chi connectivity index (χ4v) is 6.94. The Balaban J connectivity index is 1.20. The molecule has 0 radical (unpaired) electrons. The third kappa shape index (κ3) is 5.60. The number of nitrogens with zero attached hydrogens (tertiary/aromatic N) is 1. The van der Waals surface area contributed by atoms with Gasteiger partial charge in [-0.3, -0.25) is 9.59 Å². The number of methoxy groups -OCH3 is 1. The Bertz CT molecular complexity index is 1430. The van der Waals surface area contributed by atoms with Crippen molar-refractivity contribution in [3.8, 4) is 0 Å². The van der Waals surface area contributed by atoms with Crippen LogP contribution in [-0.4, -0.2) is 60.6 Å². The Morgan fingerprint density at radius 1 is 1.13 bits per heavy atom. The highest BCUT2D eigenvalue weighted by Gasteiger charge is 2.42. The molecule has 6 rings (SSSR count). The maximum Gasteiger partial charge on any atom is 0.261 e. The molecule has 3 N–H and O–H groups in total. The first kappa shape index (κ1) is 26.0. The molecule has 2 aliphatic rings. The largest absolute Gasteiger partial charge is 0.385 e. The van der Waals surface area contributed by atoms with Crippen molar-refractivity contribution in [2.75, 3.05) is 26.8 Å². The zero-order valence-corrected chi connectivity index (χ0v) is 23.1. The zero-order chi connectivity index (χ0) is 26.8. The minimum Gasteiger partial charge on any atom is -0.385 e. The van der Waals surface area contributed by atoms with Crippen LogP contribution in [-0.2, 0) is 9.53 Å². The van der Waals surface area contributed by atoms with Crippen molar-refractivity contribution in [2.24, 2.45) is 5.92 Å². The van der Waals surface area contributed by atoms with Crippen LogP contribution >= 0.6 is 11.3 Å². The normalized spacial score (nSPS) is 20.2. The van der Waals surface area contributed by atoms with Crippen LogP contribution < -0.4 is 10.6 Å². The van der Waals surface area contributed by atoms with E-state index in [1.165, 1.54) is 22.3 Å². The number of para-hydroxylation sites is 1. The Kier molecular flexibility index (Phi) is 7.68. The Morgan fingerprint density at radius 3 is 2.77 bits per heavy atom. The number of hydrogen-bond acceptors (Lipinski definition) is 5. The molecule has 4 aromatic rings. The fraction of sp³-hybridized carbons (Fsp3) is 0.419. The molecule has 1 aliphatic heterocycles. The Hall–Kier alpha value is -3.20. The van der Waals surface area contributed by atoms with E-state index in [0.717, 1.165) is 41.3 Å². The molecule has 3 atom stereocenters. The molecule has 1 saturated carbocycles. The summed E-state index contributed by atoms with van der Waals surface area (Å²) >= 11 is 1.51. The maximum atomic E-state index is 14.2. The number of hydrogen-bond donors (Lipinski definition) is 3. The third-order valence-corrected chi connectivity index (χ3v) is 9.14. The number of nitrogens with one attached hydrogen (secondary N) is 3. The maximum absolute atomic E-state index is 14.2. The molecule has 0 spiro atoms. The average Bonchev–Trinajstić information content (AvgIpc) is 3.54. The number of ether oxygens (including phenoxy) is 1. The average molecular weight is 545 g/mol. The molecule has 204 valence electrons. The highest BCUT2D eigenvalue weighted by molar-refractivity contribution is 7.20. The smallest absolute Gasteiger partial charge is 0.261 e. The first-order valence-electron chi connectivity index (χ1n) is 14.0. The van der Waals surface area contributed by atoms with Gasteiger partial charge in [-0.15, -0.1) is 11.3 Å². The first-order chi connectivity index (χ1) is 19.1. The number of aromatic nitrogens is 1. The fourth-order valence-electron chi connectivity index (χ4n) is 5.98. The Labute approximate surface area is 232 Å². The second-order valence-electron chi connectivity index (χ2n) is 10.8. The second kappa shape index (κ2) is 11.5. The van der Waals surface area contributed by atoms with E-state index in [4.69, 9.17) is 4.74 Å². The van der Waals surface area contributed by atoms with E-state index >= 15 is 0 Å². The number of fused-ring (bicyclic) bond motifs is 2. The van der Waals surface area contributed by atoms with Crippen molar-refractivity contribution in [3.05, 3.63) is 71.2 Å². The van der Waals surface area contributed by atoms with Crippen molar-refractivity contribution >= 4 is 44.1 Å². The summed E-state index contributed by atoms with van der Waals surface area (Å²) in [7, 11) is 1.73. The molecule has 1 saturated heterocycles. The number of piperidine rings is 1. The van der Waals surface area contributed by atoms with Gasteiger partial charge in [0.2, 0.25) is 5.91 Å². The first-order valence-corrected chi connectivity index (χ1v) is 14.8. The molecule has 8 heteroatoms. The number of benzene rings is 2. The second-order valence-corrected chi connectivity index (χ2v) is 11.9. The number of H-pyrrole nitrogens is 1. The number of carbonyl (C=O) groups excluding carboxylic acids is 2. The van der Waals surface area contributed by atoms with E-state index < -0.39 is 0 Å². The van der Waals surface area contributed by atoms with Gasteiger partial charge in [0.1, 0.15) is 0 Å². The quantitative estimate of drug-likeness (QED) is 0.238. The van der Waals surface area contributed by atoms with E-state index in [9.17, 15) is 9.59 Å². The lowest BCUT2D eigenvalue weighted by Crippen LogP contribution is -2.53. The standard InChI is InChI=1S/C31H36N4O3S/c1-38-14-6-10-27(25-19-33-26-9-4-3-8-24(25)26)35(23-12-13-23)31(37)21-15-22(18-32-17-21)34-30(36)29-16-20-7-2-5-11-28(20)39-29/h2-5,7-9,11,16,19,21-23,27,32-33H,6,10,12-15,17-18H2,1H3,(H,34,36)/t21-,22+,27?/m0/s1. The van der Waals surface area contributed by atoms with Gasteiger partial charge in [0, 0.05) is 60.7 Å². The van der Waals surface area contributed by atoms with Crippen LogP contribution in [0.5, 0.6) is 0 Å². The summed E-state index contributed by atoms with van der Waals surface area (Å²) in [5.74, 6) is -0.0490. The minimum absolute atomic E-state index is 0.00943. The van der Waals surface area contributed by atoms with Crippen molar-refractivity contribution in [3.63, 3.8) is 0 Å². The molecule has 2 amide bonds. The lowest BCUT2D eigenvalue weighted by molar-refractivity contribution is -0.140. The van der Waals surface area contributed by atoms with Crippen LogP contribution in [0.1, 0.15) is 53.4 Å². The predicted octanol–water partition coefficient (Wildman–Crippen LogP) is 5.25. The summed E-state index contributed by atoms with van der Waals surface area (Å²) in [5, 5.41) is 8.90. The minimum atomic E-state index is -0.179. The van der Waals surface area contributed by atoms with E-state index in [1.807, 2.05) is 36.4 Å². The lowest BCUT2D eigenvalue weighted by atomic mass is 9.91. The van der Waals surface area contributed by atoms with Gasteiger partial charge < -0.3 is 25.3 Å². The predicted molar refractivity (Wildman–Crippen MR) is 156 cm³/mol. The van der Waals surface area contributed by atoms with Gasteiger partial charge in [-0.2, -0.15) is 0 Å². The molecule has 1 unspecified atom stereocenters. The van der Waals surface area contributed by atoms with Crippen molar-refractivity contribution in [1.82, 2.24) is 20.5 Å². The SMILES string of the molecule is COCCCC(c1c[nH]c2ccccc12)N(C(=O)[C@@H]1CNC[C@H](NC(=O)c2cc3ccccc3s2)C1)C1CC1. The molecule has 7 nitrogen and oxygen atoms in total. The molecule has 0 bridgehead atoms. The zero-order valence-electron chi connectivity index (χ0n) is 22.3. The van der Waals surface area contributed by atoms with Gasteiger partial charge in [0.05, 0.1) is 16.8 Å². The molecule has 2 fully saturated rings. The monoisotopic (exact) mass is 544 g/mol. The van der Waals surface area contributed by atoms with E-state index in [-0.39, 0.29) is 35.9 Å². The summed E-state index contributed by atoms with van der Waals surface area (Å²) in [5.41, 5.74) is 2.27. The Morgan fingerprint density at radius 2 is 1.95 bits per heavy atom. The van der Waals surface area contributed by atoms with Gasteiger partial charge in [-0.1, -0.05) is 36.4 Å². The van der Waals surface area contributed by atoms with Crippen molar-refractivity contribution in [1.29, 1.82) is 0 Å². The van der Waals surface area contributed by atoms with Crippen molar-refractivity contribution in [2.45, 2.75) is 50.2 Å². The van der Waals surface area contributed by atoms with Crippen LogP contribution in [0, 0.1) is 5.92 Å². The number of rotatable bonds is 10. The number of aromatic amines is 1. The summed E-state index contributed by atoms with van der Waals surface area (Å²) < 4.78 is 6.48. The van der Waals surface area contributed by atoms with Gasteiger partial charge in [-0.05, 0) is 61.3 Å². The topological polar surface area (TPSA) is 86.5 Å². The van der Waals surface area contributed by atoms with Crippen LogP contribution in [0.4, 0.5) is 0 Å². The van der Waals surface area contributed by atoms with Gasteiger partial charge in [-0.25, -0.2) is 0 Å². The van der Waals surface area contributed by atoms with Crippen LogP contribution in [0.25, 0.3) is 21.0 Å². The summed E-state index contributed by atoms with van der Waals surface area (Å²) in [4.78, 5) is 33.6. The van der Waals surface area contributed by atoms with Gasteiger partial charge >= 0.3 is 0 Å². The van der Waals surface area contributed by atoms with Crippen molar-refractivity contribution < 1.29 is 14.3 Å². The molecule has 3 heterocycles.